The zero-order valence-electron chi connectivity index (χ0n) is 11.8. The van der Waals surface area contributed by atoms with Gasteiger partial charge in [0, 0.05) is 13.1 Å². The van der Waals surface area contributed by atoms with Gasteiger partial charge in [-0.2, -0.15) is 0 Å². The lowest BCUT2D eigenvalue weighted by Crippen LogP contribution is -2.51. The molecule has 2 aliphatic rings. The smallest absolute Gasteiger partial charge is 0.230 e. The van der Waals surface area contributed by atoms with Crippen molar-refractivity contribution in [2.24, 2.45) is 17.3 Å². The predicted octanol–water partition coefficient (Wildman–Crippen LogP) is 0.851. The molecule has 0 aliphatic carbocycles. The van der Waals surface area contributed by atoms with E-state index in [0.29, 0.717) is 11.8 Å². The van der Waals surface area contributed by atoms with Gasteiger partial charge in [-0.1, -0.05) is 20.8 Å². The van der Waals surface area contributed by atoms with E-state index in [1.54, 1.807) is 0 Å². The average Bonchev–Trinajstić information content (AvgIpc) is 2.95. The molecule has 2 heterocycles. The van der Waals surface area contributed by atoms with Gasteiger partial charge in [0.05, 0.1) is 18.1 Å². The quantitative estimate of drug-likeness (QED) is 0.785. The van der Waals surface area contributed by atoms with E-state index in [2.05, 4.69) is 26.1 Å². The SMILES string of the molecule is CC1CCN(C(=O)C2(C(C)C)CCNC2)C1CO. The van der Waals surface area contributed by atoms with Crippen molar-refractivity contribution in [1.82, 2.24) is 10.2 Å². The van der Waals surface area contributed by atoms with Gasteiger partial charge in [-0.3, -0.25) is 4.79 Å². The highest BCUT2D eigenvalue weighted by Gasteiger charge is 2.49. The largest absolute Gasteiger partial charge is 0.394 e. The summed E-state index contributed by atoms with van der Waals surface area (Å²) in [6, 6.07) is 0.0220. The molecule has 3 unspecified atom stereocenters. The Morgan fingerprint density at radius 3 is 2.78 bits per heavy atom. The Balaban J connectivity index is 2.19. The van der Waals surface area contributed by atoms with Gasteiger partial charge in [0.25, 0.3) is 0 Å². The summed E-state index contributed by atoms with van der Waals surface area (Å²) in [4.78, 5) is 14.8. The number of rotatable bonds is 3. The first kappa shape index (κ1) is 13.8. The number of amides is 1. The molecule has 2 fully saturated rings. The van der Waals surface area contributed by atoms with Gasteiger partial charge in [0.2, 0.25) is 5.91 Å². The molecule has 2 N–H and O–H groups in total. The molecule has 0 aromatic rings. The number of carbonyl (C=O) groups is 1. The van der Waals surface area contributed by atoms with Crippen LogP contribution in [0.4, 0.5) is 0 Å². The van der Waals surface area contributed by atoms with Gasteiger partial charge >= 0.3 is 0 Å². The third-order valence-electron chi connectivity index (χ3n) is 5.05. The lowest BCUT2D eigenvalue weighted by Gasteiger charge is -2.37. The van der Waals surface area contributed by atoms with E-state index >= 15 is 0 Å². The van der Waals surface area contributed by atoms with Crippen molar-refractivity contribution in [3.63, 3.8) is 0 Å². The van der Waals surface area contributed by atoms with Crippen molar-refractivity contribution < 1.29 is 9.90 Å². The minimum absolute atomic E-state index is 0.0220. The summed E-state index contributed by atoms with van der Waals surface area (Å²) in [5, 5.41) is 12.8. The molecule has 4 nitrogen and oxygen atoms in total. The van der Waals surface area contributed by atoms with Crippen molar-refractivity contribution in [1.29, 1.82) is 0 Å². The molecule has 2 saturated heterocycles. The van der Waals surface area contributed by atoms with E-state index in [9.17, 15) is 9.90 Å². The van der Waals surface area contributed by atoms with Gasteiger partial charge in [0.1, 0.15) is 0 Å². The number of aliphatic hydroxyl groups excluding tert-OH is 1. The fraction of sp³-hybridized carbons (Fsp3) is 0.929. The first-order valence-corrected chi connectivity index (χ1v) is 7.15. The maximum absolute atomic E-state index is 12.9. The van der Waals surface area contributed by atoms with Gasteiger partial charge in [-0.15, -0.1) is 0 Å². The topological polar surface area (TPSA) is 52.6 Å². The van der Waals surface area contributed by atoms with E-state index < -0.39 is 0 Å². The van der Waals surface area contributed by atoms with E-state index in [-0.39, 0.29) is 24.0 Å². The second-order valence-electron chi connectivity index (χ2n) is 6.25. The second-order valence-corrected chi connectivity index (χ2v) is 6.25. The molecule has 3 atom stereocenters. The van der Waals surface area contributed by atoms with E-state index in [4.69, 9.17) is 0 Å². The van der Waals surface area contributed by atoms with Gasteiger partial charge in [-0.25, -0.2) is 0 Å². The molecule has 0 saturated carbocycles. The number of aliphatic hydroxyl groups is 1. The summed E-state index contributed by atoms with van der Waals surface area (Å²) in [5.41, 5.74) is -0.252. The summed E-state index contributed by atoms with van der Waals surface area (Å²) >= 11 is 0. The standard InChI is InChI=1S/C14H26N2O2/c1-10(2)14(5-6-15-9-14)13(18)16-7-4-11(3)12(16)8-17/h10-12,15,17H,4-9H2,1-3H3. The lowest BCUT2D eigenvalue weighted by molar-refractivity contribution is -0.145. The van der Waals surface area contributed by atoms with Gasteiger partial charge < -0.3 is 15.3 Å². The summed E-state index contributed by atoms with van der Waals surface area (Å²) in [5.74, 6) is 1.01. The van der Waals surface area contributed by atoms with Crippen LogP contribution < -0.4 is 5.32 Å². The summed E-state index contributed by atoms with van der Waals surface area (Å²) in [6.07, 6.45) is 1.94. The molecule has 0 bridgehead atoms. The van der Waals surface area contributed by atoms with Crippen molar-refractivity contribution >= 4 is 5.91 Å². The molecular formula is C14H26N2O2. The van der Waals surface area contributed by atoms with Crippen LogP contribution in [0.15, 0.2) is 0 Å². The molecule has 18 heavy (non-hydrogen) atoms. The first-order valence-electron chi connectivity index (χ1n) is 7.15. The van der Waals surface area contributed by atoms with Crippen LogP contribution in [-0.4, -0.2) is 48.2 Å². The van der Waals surface area contributed by atoms with Crippen molar-refractivity contribution in [3.05, 3.63) is 0 Å². The average molecular weight is 254 g/mol. The van der Waals surface area contributed by atoms with E-state index in [0.717, 1.165) is 32.5 Å². The molecule has 4 heteroatoms. The fourth-order valence-electron chi connectivity index (χ4n) is 3.46. The Morgan fingerprint density at radius 1 is 1.56 bits per heavy atom. The zero-order chi connectivity index (χ0) is 13.3. The number of hydrogen-bond donors (Lipinski definition) is 2. The van der Waals surface area contributed by atoms with Crippen molar-refractivity contribution in [2.75, 3.05) is 26.2 Å². The van der Waals surface area contributed by atoms with Gasteiger partial charge in [-0.05, 0) is 31.2 Å². The van der Waals surface area contributed by atoms with Crippen LogP contribution in [-0.2, 0) is 4.79 Å². The number of nitrogens with one attached hydrogen (secondary N) is 1. The minimum atomic E-state index is -0.252. The summed E-state index contributed by atoms with van der Waals surface area (Å²) in [6.45, 7) is 9.01. The predicted molar refractivity (Wildman–Crippen MR) is 71.1 cm³/mol. The summed E-state index contributed by atoms with van der Waals surface area (Å²) in [7, 11) is 0. The molecule has 0 aromatic heterocycles. The Bertz CT molecular complexity index is 311. The third-order valence-corrected chi connectivity index (χ3v) is 5.05. The highest BCUT2D eigenvalue weighted by atomic mass is 16.3. The number of likely N-dealkylation sites (tertiary alicyclic amines) is 1. The van der Waals surface area contributed by atoms with Crippen LogP contribution >= 0.6 is 0 Å². The number of nitrogens with zero attached hydrogens (tertiary/aromatic N) is 1. The second kappa shape index (κ2) is 5.17. The Hall–Kier alpha value is -0.610. The van der Waals surface area contributed by atoms with Crippen LogP contribution in [0.25, 0.3) is 0 Å². The first-order chi connectivity index (χ1) is 8.53. The molecule has 0 spiro atoms. The molecular weight excluding hydrogens is 228 g/mol. The molecule has 104 valence electrons. The molecule has 2 rings (SSSR count). The summed E-state index contributed by atoms with van der Waals surface area (Å²) < 4.78 is 0. The van der Waals surface area contributed by atoms with Crippen LogP contribution in [0.2, 0.25) is 0 Å². The Morgan fingerprint density at radius 2 is 2.28 bits per heavy atom. The van der Waals surface area contributed by atoms with Crippen LogP contribution in [0.1, 0.15) is 33.6 Å². The molecule has 0 radical (unpaired) electrons. The highest BCUT2D eigenvalue weighted by Crippen LogP contribution is 2.38. The van der Waals surface area contributed by atoms with Crippen LogP contribution in [0, 0.1) is 17.3 Å². The van der Waals surface area contributed by atoms with Crippen molar-refractivity contribution in [3.8, 4) is 0 Å². The van der Waals surface area contributed by atoms with E-state index in [1.807, 2.05) is 4.90 Å². The van der Waals surface area contributed by atoms with Crippen LogP contribution in [0.5, 0.6) is 0 Å². The monoisotopic (exact) mass is 254 g/mol. The molecule has 2 aliphatic heterocycles. The maximum Gasteiger partial charge on any atom is 0.230 e. The Labute approximate surface area is 110 Å². The van der Waals surface area contributed by atoms with E-state index in [1.165, 1.54) is 0 Å². The van der Waals surface area contributed by atoms with Gasteiger partial charge in [0.15, 0.2) is 0 Å². The molecule has 1 amide bonds. The highest BCUT2D eigenvalue weighted by molar-refractivity contribution is 5.84. The number of hydrogen-bond acceptors (Lipinski definition) is 3. The minimum Gasteiger partial charge on any atom is -0.394 e. The Kier molecular flexibility index (Phi) is 3.97. The fourth-order valence-corrected chi connectivity index (χ4v) is 3.46. The van der Waals surface area contributed by atoms with Crippen LogP contribution in [0.3, 0.4) is 0 Å². The number of carbonyl (C=O) groups excluding carboxylic acids is 1. The van der Waals surface area contributed by atoms with Crippen molar-refractivity contribution in [2.45, 2.75) is 39.7 Å². The third kappa shape index (κ3) is 2.05. The molecule has 0 aromatic carbocycles. The lowest BCUT2D eigenvalue weighted by atomic mass is 9.75. The normalized spacial score (nSPS) is 36.6. The maximum atomic E-state index is 12.9. The zero-order valence-corrected chi connectivity index (χ0v) is 11.8.